The maximum Gasteiger partial charge on any atom is 0.130 e. The number of nitrogens with zero attached hydrogens (tertiary/aromatic N) is 2. The second-order valence-electron chi connectivity index (χ2n) is 5.16. The molecule has 0 unspecified atom stereocenters. The highest BCUT2D eigenvalue weighted by atomic mass is 16.3. The highest BCUT2D eigenvalue weighted by Crippen LogP contribution is 2.15. The van der Waals surface area contributed by atoms with E-state index >= 15 is 0 Å². The molecule has 0 bridgehead atoms. The van der Waals surface area contributed by atoms with Gasteiger partial charge in [0.2, 0.25) is 0 Å². The molecule has 0 aliphatic carbocycles. The maximum atomic E-state index is 9.90. The molecule has 1 rings (SSSR count). The molecule has 0 radical (unpaired) electrons. The molecule has 0 aliphatic heterocycles. The molecule has 0 atom stereocenters. The number of nitrogens with one attached hydrogen (secondary N) is 1. The molecule has 0 aliphatic rings. The minimum Gasteiger partial charge on any atom is -0.389 e. The summed E-state index contributed by atoms with van der Waals surface area (Å²) >= 11 is 0. The molecule has 0 saturated heterocycles. The molecular weight excluding hydrogens is 226 g/mol. The van der Waals surface area contributed by atoms with Gasteiger partial charge in [-0.3, -0.25) is 4.90 Å². The Hall–Kier alpha value is -1.13. The topological polar surface area (TPSA) is 48.4 Å². The van der Waals surface area contributed by atoms with Crippen LogP contribution < -0.4 is 5.32 Å². The highest BCUT2D eigenvalue weighted by Gasteiger charge is 2.18. The van der Waals surface area contributed by atoms with Crippen LogP contribution in [0.25, 0.3) is 0 Å². The summed E-state index contributed by atoms with van der Waals surface area (Å²) in [5.41, 5.74) is 0.502. The van der Waals surface area contributed by atoms with Crippen LogP contribution in [0.1, 0.15) is 33.3 Å². The first-order chi connectivity index (χ1) is 8.46. The van der Waals surface area contributed by atoms with Gasteiger partial charge in [0.1, 0.15) is 5.82 Å². The quantitative estimate of drug-likeness (QED) is 0.779. The van der Waals surface area contributed by atoms with Crippen molar-refractivity contribution in [2.45, 2.75) is 39.8 Å². The lowest BCUT2D eigenvalue weighted by atomic mass is 10.1. The molecule has 1 aromatic heterocycles. The van der Waals surface area contributed by atoms with Crippen molar-refractivity contribution in [3.05, 3.63) is 23.9 Å². The van der Waals surface area contributed by atoms with E-state index in [1.807, 2.05) is 19.9 Å². The van der Waals surface area contributed by atoms with Crippen molar-refractivity contribution in [2.24, 2.45) is 0 Å². The molecule has 102 valence electrons. The molecule has 4 heteroatoms. The molecule has 2 N–H and O–H groups in total. The monoisotopic (exact) mass is 251 g/mol. The molecule has 1 heterocycles. The average Bonchev–Trinajstić information content (AvgIpc) is 2.29. The normalized spacial score (nSPS) is 11.9. The minimum atomic E-state index is -0.670. The molecule has 0 fully saturated rings. The van der Waals surface area contributed by atoms with Crippen LogP contribution >= 0.6 is 0 Å². The summed E-state index contributed by atoms with van der Waals surface area (Å²) < 4.78 is 0. The van der Waals surface area contributed by atoms with Gasteiger partial charge in [0.05, 0.1) is 5.60 Å². The minimum absolute atomic E-state index is 0.657. The van der Waals surface area contributed by atoms with E-state index in [2.05, 4.69) is 35.1 Å². The third-order valence-electron chi connectivity index (χ3n) is 2.69. The predicted octanol–water partition coefficient (Wildman–Crippen LogP) is 2.11. The number of aliphatic hydroxyl groups is 1. The van der Waals surface area contributed by atoms with E-state index in [0.717, 1.165) is 25.5 Å². The van der Waals surface area contributed by atoms with Gasteiger partial charge in [0, 0.05) is 31.4 Å². The lowest BCUT2D eigenvalue weighted by molar-refractivity contribution is 0.0354. The van der Waals surface area contributed by atoms with Crippen molar-refractivity contribution in [2.75, 3.05) is 25.0 Å². The number of likely N-dealkylation sites (N-methyl/N-ethyl adjacent to an activating group) is 1. The first-order valence-corrected chi connectivity index (χ1v) is 6.58. The van der Waals surface area contributed by atoms with E-state index in [0.29, 0.717) is 6.54 Å². The summed E-state index contributed by atoms with van der Waals surface area (Å²) in [4.78, 5) is 6.57. The van der Waals surface area contributed by atoms with Crippen LogP contribution in [0, 0.1) is 0 Å². The summed E-state index contributed by atoms with van der Waals surface area (Å²) in [6.07, 6.45) is 1.80. The number of aromatic nitrogens is 1. The van der Waals surface area contributed by atoms with E-state index < -0.39 is 5.60 Å². The third-order valence-corrected chi connectivity index (χ3v) is 2.69. The van der Waals surface area contributed by atoms with Gasteiger partial charge in [-0.05, 0) is 33.4 Å². The van der Waals surface area contributed by atoms with Gasteiger partial charge in [-0.25, -0.2) is 4.98 Å². The second-order valence-corrected chi connectivity index (χ2v) is 5.16. The lowest BCUT2D eigenvalue weighted by Gasteiger charge is -2.28. The second kappa shape index (κ2) is 6.71. The van der Waals surface area contributed by atoms with E-state index in [4.69, 9.17) is 0 Å². The van der Waals surface area contributed by atoms with Gasteiger partial charge in [-0.15, -0.1) is 0 Å². The number of hydrogen-bond acceptors (Lipinski definition) is 4. The molecule has 0 saturated carbocycles. The maximum absolute atomic E-state index is 9.90. The van der Waals surface area contributed by atoms with Crippen molar-refractivity contribution in [3.8, 4) is 0 Å². The summed E-state index contributed by atoms with van der Waals surface area (Å²) in [6.45, 7) is 11.1. The fraction of sp³-hybridized carbons (Fsp3) is 0.643. The Balaban J connectivity index is 2.75. The zero-order valence-corrected chi connectivity index (χ0v) is 11.9. The van der Waals surface area contributed by atoms with Gasteiger partial charge >= 0.3 is 0 Å². The van der Waals surface area contributed by atoms with E-state index in [1.165, 1.54) is 5.56 Å². The standard InChI is InChI=1S/C14H25N3O/c1-5-15-13-12(8-7-9-16-13)10-17(6-2)11-14(3,4)18/h7-9,18H,5-6,10-11H2,1-4H3,(H,15,16). The Labute approximate surface area is 110 Å². The molecule has 0 amide bonds. The molecular formula is C14H25N3O. The van der Waals surface area contributed by atoms with Gasteiger partial charge in [-0.1, -0.05) is 13.0 Å². The van der Waals surface area contributed by atoms with Crippen molar-refractivity contribution in [1.82, 2.24) is 9.88 Å². The van der Waals surface area contributed by atoms with E-state index in [9.17, 15) is 5.11 Å². The third kappa shape index (κ3) is 5.02. The lowest BCUT2D eigenvalue weighted by Crippen LogP contribution is -2.38. The van der Waals surface area contributed by atoms with E-state index in [-0.39, 0.29) is 0 Å². The van der Waals surface area contributed by atoms with Crippen LogP contribution in [-0.4, -0.2) is 40.2 Å². The largest absolute Gasteiger partial charge is 0.389 e. The fourth-order valence-electron chi connectivity index (χ4n) is 1.96. The Morgan fingerprint density at radius 1 is 1.39 bits per heavy atom. The summed E-state index contributed by atoms with van der Waals surface area (Å²) in [5.74, 6) is 0.939. The number of hydrogen-bond donors (Lipinski definition) is 2. The van der Waals surface area contributed by atoms with Crippen LogP contribution in [-0.2, 0) is 6.54 Å². The van der Waals surface area contributed by atoms with Crippen LogP contribution in [0.4, 0.5) is 5.82 Å². The first-order valence-electron chi connectivity index (χ1n) is 6.58. The van der Waals surface area contributed by atoms with Gasteiger partial charge in [0.15, 0.2) is 0 Å². The first kappa shape index (κ1) is 14.9. The van der Waals surface area contributed by atoms with Crippen LogP contribution in [0.5, 0.6) is 0 Å². The van der Waals surface area contributed by atoms with Gasteiger partial charge in [-0.2, -0.15) is 0 Å². The van der Waals surface area contributed by atoms with Crippen molar-refractivity contribution >= 4 is 5.82 Å². The van der Waals surface area contributed by atoms with Crippen molar-refractivity contribution < 1.29 is 5.11 Å². The van der Waals surface area contributed by atoms with Gasteiger partial charge in [0.25, 0.3) is 0 Å². The molecule has 0 aromatic carbocycles. The smallest absolute Gasteiger partial charge is 0.130 e. The molecule has 4 nitrogen and oxygen atoms in total. The van der Waals surface area contributed by atoms with Crippen molar-refractivity contribution in [1.29, 1.82) is 0 Å². The SMILES string of the molecule is CCNc1ncccc1CN(CC)CC(C)(C)O. The van der Waals surface area contributed by atoms with Gasteiger partial charge < -0.3 is 10.4 Å². The van der Waals surface area contributed by atoms with Crippen LogP contribution in [0.3, 0.4) is 0 Å². The summed E-state index contributed by atoms with van der Waals surface area (Å²) in [5, 5.41) is 13.2. The predicted molar refractivity (Wildman–Crippen MR) is 75.6 cm³/mol. The number of pyridine rings is 1. The molecule has 0 spiro atoms. The van der Waals surface area contributed by atoms with Crippen molar-refractivity contribution in [3.63, 3.8) is 0 Å². The zero-order valence-electron chi connectivity index (χ0n) is 11.9. The Bertz CT molecular complexity index is 360. The molecule has 18 heavy (non-hydrogen) atoms. The Morgan fingerprint density at radius 3 is 2.67 bits per heavy atom. The molecule has 1 aromatic rings. The highest BCUT2D eigenvalue weighted by molar-refractivity contribution is 5.43. The Kier molecular flexibility index (Phi) is 5.56. The van der Waals surface area contributed by atoms with Crippen LogP contribution in [0.2, 0.25) is 0 Å². The number of rotatable bonds is 7. The van der Waals surface area contributed by atoms with E-state index in [1.54, 1.807) is 6.20 Å². The fourth-order valence-corrected chi connectivity index (χ4v) is 1.96. The summed E-state index contributed by atoms with van der Waals surface area (Å²) in [6, 6.07) is 4.03. The van der Waals surface area contributed by atoms with Crippen LogP contribution in [0.15, 0.2) is 18.3 Å². The number of anilines is 1. The summed E-state index contributed by atoms with van der Waals surface area (Å²) in [7, 11) is 0. The zero-order chi connectivity index (χ0) is 13.6. The Morgan fingerprint density at radius 2 is 2.11 bits per heavy atom. The average molecular weight is 251 g/mol.